The summed E-state index contributed by atoms with van der Waals surface area (Å²) in [6.07, 6.45) is 4.80. The lowest BCUT2D eigenvalue weighted by Crippen LogP contribution is -2.38. The maximum Gasteiger partial charge on any atom is 0.260 e. The summed E-state index contributed by atoms with van der Waals surface area (Å²) in [7, 11) is 1.49. The third-order valence-corrected chi connectivity index (χ3v) is 4.78. The van der Waals surface area contributed by atoms with Gasteiger partial charge in [0.05, 0.1) is 13.7 Å². The van der Waals surface area contributed by atoms with E-state index in [1.54, 1.807) is 36.5 Å². The molecular formula is C22H27N3O5. The van der Waals surface area contributed by atoms with Gasteiger partial charge >= 0.3 is 0 Å². The number of pyridine rings is 1. The maximum atomic E-state index is 12.7. The molecule has 1 N–H and O–H groups in total. The quantitative estimate of drug-likeness (QED) is 0.715. The Kier molecular flexibility index (Phi) is 7.48. The third-order valence-electron chi connectivity index (χ3n) is 4.78. The van der Waals surface area contributed by atoms with Crippen molar-refractivity contribution >= 4 is 17.5 Å². The molecule has 1 aliphatic rings. The van der Waals surface area contributed by atoms with Gasteiger partial charge in [0.15, 0.2) is 18.1 Å². The molecule has 2 aromatic rings. The Morgan fingerprint density at radius 1 is 1.10 bits per heavy atom. The fraction of sp³-hybridized carbons (Fsp3) is 0.409. The van der Waals surface area contributed by atoms with E-state index in [2.05, 4.69) is 10.3 Å². The van der Waals surface area contributed by atoms with Crippen molar-refractivity contribution in [3.05, 3.63) is 42.1 Å². The Bertz CT molecular complexity index is 881. The lowest BCUT2D eigenvalue weighted by atomic mass is 10.1. The molecule has 3 rings (SSSR count). The minimum atomic E-state index is -0.335. The van der Waals surface area contributed by atoms with E-state index in [1.165, 1.54) is 7.11 Å². The van der Waals surface area contributed by atoms with E-state index in [-0.39, 0.29) is 18.4 Å². The fourth-order valence-electron chi connectivity index (χ4n) is 3.25. The van der Waals surface area contributed by atoms with Crippen molar-refractivity contribution in [1.29, 1.82) is 0 Å². The zero-order valence-electron chi connectivity index (χ0n) is 17.3. The number of carbonyl (C=O) groups excluding carboxylic acids is 2. The first kappa shape index (κ1) is 21.4. The zero-order chi connectivity index (χ0) is 21.3. The molecule has 8 heteroatoms. The number of nitrogens with zero attached hydrogens (tertiary/aromatic N) is 2. The predicted molar refractivity (Wildman–Crippen MR) is 112 cm³/mol. The molecule has 0 bridgehead atoms. The van der Waals surface area contributed by atoms with Gasteiger partial charge in [-0.05, 0) is 56.5 Å². The van der Waals surface area contributed by atoms with Crippen LogP contribution in [0.4, 0.5) is 5.69 Å². The van der Waals surface area contributed by atoms with Crippen LogP contribution in [0.1, 0.15) is 36.5 Å². The summed E-state index contributed by atoms with van der Waals surface area (Å²) < 4.78 is 16.5. The summed E-state index contributed by atoms with van der Waals surface area (Å²) in [5.74, 6) is 0.792. The van der Waals surface area contributed by atoms with E-state index >= 15 is 0 Å². The largest absolute Gasteiger partial charge is 0.490 e. The van der Waals surface area contributed by atoms with E-state index in [0.717, 1.165) is 32.4 Å². The molecule has 30 heavy (non-hydrogen) atoms. The lowest BCUT2D eigenvalue weighted by molar-refractivity contribution is -0.134. The predicted octanol–water partition coefficient (Wildman–Crippen LogP) is 3.13. The zero-order valence-corrected chi connectivity index (χ0v) is 17.3. The van der Waals surface area contributed by atoms with Crippen LogP contribution in [-0.2, 0) is 4.79 Å². The molecule has 1 aliphatic heterocycles. The average Bonchev–Trinajstić information content (AvgIpc) is 2.79. The van der Waals surface area contributed by atoms with Gasteiger partial charge < -0.3 is 24.4 Å². The van der Waals surface area contributed by atoms with Crippen molar-refractivity contribution in [2.75, 3.05) is 38.7 Å². The number of hydrogen-bond donors (Lipinski definition) is 1. The van der Waals surface area contributed by atoms with Crippen LogP contribution >= 0.6 is 0 Å². The van der Waals surface area contributed by atoms with Crippen molar-refractivity contribution in [2.24, 2.45) is 0 Å². The summed E-state index contributed by atoms with van der Waals surface area (Å²) in [5, 5.41) is 2.78. The third kappa shape index (κ3) is 5.40. The topological polar surface area (TPSA) is 90.0 Å². The number of benzene rings is 1. The van der Waals surface area contributed by atoms with Crippen LogP contribution in [0, 0.1) is 0 Å². The number of ether oxygens (including phenoxy) is 3. The van der Waals surface area contributed by atoms with Crippen LogP contribution in [0.25, 0.3) is 0 Å². The van der Waals surface area contributed by atoms with E-state index in [4.69, 9.17) is 14.2 Å². The van der Waals surface area contributed by atoms with Crippen LogP contribution in [0.2, 0.25) is 0 Å². The SMILES string of the molecule is CCOc1cc(C(=O)Nc2cccnc2OC)ccc1OCC(=O)N1CCCCC1. The van der Waals surface area contributed by atoms with Gasteiger partial charge in [-0.2, -0.15) is 0 Å². The van der Waals surface area contributed by atoms with Crippen LogP contribution in [0.3, 0.4) is 0 Å². The molecular weight excluding hydrogens is 386 g/mol. The Labute approximate surface area is 176 Å². The van der Waals surface area contributed by atoms with E-state index in [0.29, 0.717) is 35.2 Å². The van der Waals surface area contributed by atoms with Gasteiger partial charge in [0.25, 0.3) is 11.8 Å². The normalized spacial score (nSPS) is 13.5. The number of methoxy groups -OCH3 is 1. The molecule has 0 spiro atoms. The second-order valence-electron chi connectivity index (χ2n) is 6.84. The summed E-state index contributed by atoms with van der Waals surface area (Å²) in [4.78, 5) is 30.9. The van der Waals surface area contributed by atoms with Gasteiger partial charge in [0, 0.05) is 24.8 Å². The van der Waals surface area contributed by atoms with E-state index in [9.17, 15) is 9.59 Å². The molecule has 0 saturated carbocycles. The second-order valence-corrected chi connectivity index (χ2v) is 6.84. The molecule has 8 nitrogen and oxygen atoms in total. The molecule has 160 valence electrons. The van der Waals surface area contributed by atoms with Crippen molar-refractivity contribution in [2.45, 2.75) is 26.2 Å². The van der Waals surface area contributed by atoms with E-state index in [1.807, 2.05) is 11.8 Å². The lowest BCUT2D eigenvalue weighted by Gasteiger charge is -2.26. The molecule has 2 amide bonds. The number of carbonyl (C=O) groups is 2. The molecule has 0 radical (unpaired) electrons. The molecule has 1 aromatic carbocycles. The van der Waals surface area contributed by atoms with Gasteiger partial charge in [0.1, 0.15) is 5.69 Å². The van der Waals surface area contributed by atoms with E-state index < -0.39 is 0 Å². The van der Waals surface area contributed by atoms with Gasteiger partial charge in [-0.1, -0.05) is 0 Å². The minimum Gasteiger partial charge on any atom is -0.490 e. The van der Waals surface area contributed by atoms with Crippen molar-refractivity contribution in [1.82, 2.24) is 9.88 Å². The van der Waals surface area contributed by atoms with Crippen LogP contribution in [0.15, 0.2) is 36.5 Å². The molecule has 1 aromatic heterocycles. The van der Waals surface area contributed by atoms with Gasteiger partial charge in [0.2, 0.25) is 5.88 Å². The smallest absolute Gasteiger partial charge is 0.260 e. The van der Waals surface area contributed by atoms with Gasteiger partial charge in [-0.15, -0.1) is 0 Å². The summed E-state index contributed by atoms with van der Waals surface area (Å²) in [6, 6.07) is 8.28. The van der Waals surface area contributed by atoms with Gasteiger partial charge in [-0.3, -0.25) is 9.59 Å². The van der Waals surface area contributed by atoms with Crippen LogP contribution < -0.4 is 19.5 Å². The summed E-state index contributed by atoms with van der Waals surface area (Å²) in [5.41, 5.74) is 0.856. The summed E-state index contributed by atoms with van der Waals surface area (Å²) in [6.45, 7) is 3.74. The first-order valence-electron chi connectivity index (χ1n) is 10.1. The number of amides is 2. The number of likely N-dealkylation sites (tertiary alicyclic amines) is 1. The highest BCUT2D eigenvalue weighted by Crippen LogP contribution is 2.29. The summed E-state index contributed by atoms with van der Waals surface area (Å²) >= 11 is 0. The van der Waals surface area contributed by atoms with Crippen molar-refractivity contribution < 1.29 is 23.8 Å². The highest BCUT2D eigenvalue weighted by atomic mass is 16.5. The van der Waals surface area contributed by atoms with Crippen LogP contribution in [0.5, 0.6) is 17.4 Å². The highest BCUT2D eigenvalue weighted by Gasteiger charge is 2.19. The Morgan fingerprint density at radius 2 is 1.90 bits per heavy atom. The monoisotopic (exact) mass is 413 g/mol. The maximum absolute atomic E-state index is 12.7. The molecule has 1 saturated heterocycles. The number of nitrogens with one attached hydrogen (secondary N) is 1. The Hall–Kier alpha value is -3.29. The van der Waals surface area contributed by atoms with Crippen molar-refractivity contribution in [3.63, 3.8) is 0 Å². The number of aromatic nitrogens is 1. The molecule has 1 fully saturated rings. The standard InChI is InChI=1S/C22H27N3O5/c1-3-29-19-14-16(21(27)24-17-8-7-11-23-22(17)28-2)9-10-18(19)30-15-20(26)25-12-5-4-6-13-25/h7-11,14H,3-6,12-13,15H2,1-2H3,(H,24,27). The molecule has 0 aliphatic carbocycles. The number of rotatable bonds is 8. The molecule has 0 atom stereocenters. The Balaban J connectivity index is 1.69. The molecule has 2 heterocycles. The molecule has 0 unspecified atom stereocenters. The average molecular weight is 413 g/mol. The fourth-order valence-corrected chi connectivity index (χ4v) is 3.25. The number of piperidine rings is 1. The Morgan fingerprint density at radius 3 is 2.63 bits per heavy atom. The van der Waals surface area contributed by atoms with Gasteiger partial charge in [-0.25, -0.2) is 4.98 Å². The van der Waals surface area contributed by atoms with Crippen LogP contribution in [-0.4, -0.2) is 55.1 Å². The minimum absolute atomic E-state index is 0.0392. The highest BCUT2D eigenvalue weighted by molar-refractivity contribution is 6.05. The first-order valence-corrected chi connectivity index (χ1v) is 10.1. The number of anilines is 1. The van der Waals surface area contributed by atoms with Crippen molar-refractivity contribution in [3.8, 4) is 17.4 Å². The second kappa shape index (κ2) is 10.5. The number of hydrogen-bond acceptors (Lipinski definition) is 6. The first-order chi connectivity index (χ1) is 14.6.